The Morgan fingerprint density at radius 3 is 3.13 bits per heavy atom. The molecule has 1 aromatic heterocycles. The summed E-state index contributed by atoms with van der Waals surface area (Å²) in [5.41, 5.74) is 2.57. The number of hydrogen-bond donors (Lipinski definition) is 0. The SMILES string of the molecule is CC(=O)N(C)C1CCCc2ccncc21. The van der Waals surface area contributed by atoms with E-state index in [0.29, 0.717) is 0 Å². The Kier molecular flexibility index (Phi) is 2.71. The number of rotatable bonds is 1. The first kappa shape index (κ1) is 10.1. The van der Waals surface area contributed by atoms with Gasteiger partial charge in [-0.05, 0) is 36.5 Å². The molecule has 15 heavy (non-hydrogen) atoms. The van der Waals surface area contributed by atoms with Gasteiger partial charge >= 0.3 is 0 Å². The summed E-state index contributed by atoms with van der Waals surface area (Å²) in [4.78, 5) is 17.3. The van der Waals surface area contributed by atoms with Crippen LogP contribution in [0.5, 0.6) is 0 Å². The molecule has 0 N–H and O–H groups in total. The van der Waals surface area contributed by atoms with E-state index in [1.807, 2.05) is 24.3 Å². The van der Waals surface area contributed by atoms with Gasteiger partial charge in [0.25, 0.3) is 0 Å². The monoisotopic (exact) mass is 204 g/mol. The second-order valence-corrected chi connectivity index (χ2v) is 4.11. The third-order valence-corrected chi connectivity index (χ3v) is 3.19. The molecular formula is C12H16N2O. The zero-order chi connectivity index (χ0) is 10.8. The molecule has 0 bridgehead atoms. The standard InChI is InChI=1S/C12H16N2O/c1-9(15)14(2)12-5-3-4-10-6-7-13-8-11(10)12/h6-8,12H,3-5H2,1-2H3. The lowest BCUT2D eigenvalue weighted by Gasteiger charge is -2.32. The predicted octanol–water partition coefficient (Wildman–Crippen LogP) is 1.94. The van der Waals surface area contributed by atoms with Crippen molar-refractivity contribution in [2.45, 2.75) is 32.2 Å². The number of hydrogen-bond acceptors (Lipinski definition) is 2. The summed E-state index contributed by atoms with van der Waals surface area (Å²) >= 11 is 0. The summed E-state index contributed by atoms with van der Waals surface area (Å²) < 4.78 is 0. The Morgan fingerprint density at radius 2 is 2.40 bits per heavy atom. The lowest BCUT2D eigenvalue weighted by molar-refractivity contribution is -0.130. The van der Waals surface area contributed by atoms with Gasteiger partial charge in [0.2, 0.25) is 5.91 Å². The molecule has 1 aromatic rings. The van der Waals surface area contributed by atoms with Crippen LogP contribution >= 0.6 is 0 Å². The van der Waals surface area contributed by atoms with E-state index in [9.17, 15) is 4.79 Å². The molecule has 80 valence electrons. The van der Waals surface area contributed by atoms with Crippen molar-refractivity contribution in [3.8, 4) is 0 Å². The summed E-state index contributed by atoms with van der Waals surface area (Å²) in [7, 11) is 1.87. The Morgan fingerprint density at radius 1 is 1.60 bits per heavy atom. The summed E-state index contributed by atoms with van der Waals surface area (Å²) in [6.45, 7) is 1.62. The minimum absolute atomic E-state index is 0.122. The highest BCUT2D eigenvalue weighted by molar-refractivity contribution is 5.73. The smallest absolute Gasteiger partial charge is 0.219 e. The van der Waals surface area contributed by atoms with Gasteiger partial charge < -0.3 is 4.90 Å². The fourth-order valence-corrected chi connectivity index (χ4v) is 2.23. The van der Waals surface area contributed by atoms with Crippen LogP contribution in [0.2, 0.25) is 0 Å². The van der Waals surface area contributed by atoms with Crippen molar-refractivity contribution in [2.75, 3.05) is 7.05 Å². The minimum Gasteiger partial charge on any atom is -0.339 e. The lowest BCUT2D eigenvalue weighted by Crippen LogP contribution is -2.31. The first-order valence-corrected chi connectivity index (χ1v) is 5.36. The highest BCUT2D eigenvalue weighted by atomic mass is 16.2. The third kappa shape index (κ3) is 1.87. The molecule has 1 amide bonds. The lowest BCUT2D eigenvalue weighted by atomic mass is 9.88. The normalized spacial score (nSPS) is 19.5. The average Bonchev–Trinajstić information content (AvgIpc) is 2.27. The van der Waals surface area contributed by atoms with Crippen LogP contribution < -0.4 is 0 Å². The average molecular weight is 204 g/mol. The largest absolute Gasteiger partial charge is 0.339 e. The number of nitrogens with zero attached hydrogens (tertiary/aromatic N) is 2. The maximum atomic E-state index is 11.4. The van der Waals surface area contributed by atoms with Crippen molar-refractivity contribution >= 4 is 5.91 Å². The molecule has 1 aliphatic rings. The van der Waals surface area contributed by atoms with Gasteiger partial charge in [-0.3, -0.25) is 9.78 Å². The number of fused-ring (bicyclic) bond motifs is 1. The van der Waals surface area contributed by atoms with Crippen LogP contribution in [0, 0.1) is 0 Å². The number of carbonyl (C=O) groups excluding carboxylic acids is 1. The van der Waals surface area contributed by atoms with Crippen molar-refractivity contribution in [2.24, 2.45) is 0 Å². The maximum absolute atomic E-state index is 11.4. The fraction of sp³-hybridized carbons (Fsp3) is 0.500. The van der Waals surface area contributed by atoms with E-state index in [-0.39, 0.29) is 11.9 Å². The molecule has 0 saturated carbocycles. The van der Waals surface area contributed by atoms with E-state index >= 15 is 0 Å². The van der Waals surface area contributed by atoms with Gasteiger partial charge in [-0.25, -0.2) is 0 Å². The Bertz CT molecular complexity index is 376. The Balaban J connectivity index is 2.33. The molecule has 0 saturated heterocycles. The van der Waals surface area contributed by atoms with E-state index in [1.54, 1.807) is 6.92 Å². The van der Waals surface area contributed by atoms with Crippen molar-refractivity contribution in [1.82, 2.24) is 9.88 Å². The number of carbonyl (C=O) groups is 1. The molecule has 0 aromatic carbocycles. The van der Waals surface area contributed by atoms with Gasteiger partial charge in [0.15, 0.2) is 0 Å². The second-order valence-electron chi connectivity index (χ2n) is 4.11. The molecule has 1 heterocycles. The van der Waals surface area contributed by atoms with Crippen molar-refractivity contribution in [1.29, 1.82) is 0 Å². The Labute approximate surface area is 90.1 Å². The van der Waals surface area contributed by atoms with Crippen LogP contribution in [-0.4, -0.2) is 22.8 Å². The van der Waals surface area contributed by atoms with Crippen LogP contribution in [0.15, 0.2) is 18.5 Å². The zero-order valence-corrected chi connectivity index (χ0v) is 9.23. The maximum Gasteiger partial charge on any atom is 0.219 e. The topological polar surface area (TPSA) is 33.2 Å². The predicted molar refractivity (Wildman–Crippen MR) is 58.4 cm³/mol. The summed E-state index contributed by atoms with van der Waals surface area (Å²) in [6.07, 6.45) is 7.04. The molecule has 0 fully saturated rings. The van der Waals surface area contributed by atoms with Crippen molar-refractivity contribution in [3.05, 3.63) is 29.6 Å². The van der Waals surface area contributed by atoms with E-state index in [0.717, 1.165) is 19.3 Å². The molecule has 0 spiro atoms. The molecule has 3 nitrogen and oxygen atoms in total. The van der Waals surface area contributed by atoms with E-state index < -0.39 is 0 Å². The van der Waals surface area contributed by atoms with Gasteiger partial charge in [-0.2, -0.15) is 0 Å². The third-order valence-electron chi connectivity index (χ3n) is 3.19. The molecule has 1 aliphatic carbocycles. The fourth-order valence-electron chi connectivity index (χ4n) is 2.23. The van der Waals surface area contributed by atoms with E-state index in [1.165, 1.54) is 11.1 Å². The number of aryl methyl sites for hydroxylation is 1. The highest BCUT2D eigenvalue weighted by Gasteiger charge is 2.24. The van der Waals surface area contributed by atoms with Crippen LogP contribution in [0.1, 0.15) is 36.9 Å². The first-order valence-electron chi connectivity index (χ1n) is 5.36. The van der Waals surface area contributed by atoms with Gasteiger partial charge in [-0.1, -0.05) is 0 Å². The summed E-state index contributed by atoms with van der Waals surface area (Å²) in [5, 5.41) is 0. The van der Waals surface area contributed by atoms with Crippen LogP contribution in [0.4, 0.5) is 0 Å². The van der Waals surface area contributed by atoms with Gasteiger partial charge in [-0.15, -0.1) is 0 Å². The van der Waals surface area contributed by atoms with E-state index in [2.05, 4.69) is 11.1 Å². The number of pyridine rings is 1. The van der Waals surface area contributed by atoms with E-state index in [4.69, 9.17) is 0 Å². The second kappa shape index (κ2) is 4.01. The van der Waals surface area contributed by atoms with Gasteiger partial charge in [0.05, 0.1) is 6.04 Å². The van der Waals surface area contributed by atoms with Crippen LogP contribution in [0.25, 0.3) is 0 Å². The highest BCUT2D eigenvalue weighted by Crippen LogP contribution is 2.32. The molecular weight excluding hydrogens is 188 g/mol. The first-order chi connectivity index (χ1) is 7.20. The van der Waals surface area contributed by atoms with Crippen molar-refractivity contribution in [3.63, 3.8) is 0 Å². The molecule has 1 unspecified atom stereocenters. The number of aromatic nitrogens is 1. The van der Waals surface area contributed by atoms with Crippen LogP contribution in [-0.2, 0) is 11.2 Å². The van der Waals surface area contributed by atoms with Crippen molar-refractivity contribution < 1.29 is 4.79 Å². The molecule has 2 rings (SSSR count). The molecule has 0 aliphatic heterocycles. The quantitative estimate of drug-likeness (QED) is 0.700. The van der Waals surface area contributed by atoms with Crippen LogP contribution in [0.3, 0.4) is 0 Å². The molecule has 3 heteroatoms. The van der Waals surface area contributed by atoms with Gasteiger partial charge in [0, 0.05) is 26.4 Å². The van der Waals surface area contributed by atoms with Gasteiger partial charge in [0.1, 0.15) is 0 Å². The number of amides is 1. The zero-order valence-electron chi connectivity index (χ0n) is 9.23. The minimum atomic E-state index is 0.122. The summed E-state index contributed by atoms with van der Waals surface area (Å²) in [6, 6.07) is 2.29. The molecule has 0 radical (unpaired) electrons. The Hall–Kier alpha value is -1.38. The molecule has 1 atom stereocenters. The summed E-state index contributed by atoms with van der Waals surface area (Å²) in [5.74, 6) is 0.122.